The largest absolute Gasteiger partial charge is 0.315 e. The second-order valence-electron chi connectivity index (χ2n) is 3.89. The molecule has 1 heterocycles. The van der Waals surface area contributed by atoms with Crippen molar-refractivity contribution in [1.29, 1.82) is 0 Å². The number of likely N-dealkylation sites (tertiary alicyclic amines) is 1. The molecule has 0 aromatic carbocycles. The van der Waals surface area contributed by atoms with Crippen molar-refractivity contribution in [3.05, 3.63) is 0 Å². The van der Waals surface area contributed by atoms with E-state index in [2.05, 4.69) is 11.9 Å². The van der Waals surface area contributed by atoms with Crippen LogP contribution in [0.15, 0.2) is 0 Å². The standard InChI is InChI=1S/C8H16N2/c1-10-6-2-3-8(4-5-8)7(10)9/h7H,2-6,9H2,1H3. The van der Waals surface area contributed by atoms with Crippen LogP contribution in [0.5, 0.6) is 0 Å². The molecule has 2 heteroatoms. The van der Waals surface area contributed by atoms with Crippen molar-refractivity contribution in [1.82, 2.24) is 4.90 Å². The SMILES string of the molecule is CN1CCCC2(CC2)C1N. The molecule has 1 atom stereocenters. The van der Waals surface area contributed by atoms with E-state index < -0.39 is 0 Å². The number of hydrogen-bond donors (Lipinski definition) is 1. The lowest BCUT2D eigenvalue weighted by Crippen LogP contribution is -2.49. The summed E-state index contributed by atoms with van der Waals surface area (Å²) in [6.07, 6.45) is 5.83. The van der Waals surface area contributed by atoms with Crippen molar-refractivity contribution < 1.29 is 0 Å². The fourth-order valence-electron chi connectivity index (χ4n) is 2.14. The van der Waals surface area contributed by atoms with Crippen LogP contribution in [0.25, 0.3) is 0 Å². The summed E-state index contributed by atoms with van der Waals surface area (Å²) in [6, 6.07) is 0. The lowest BCUT2D eigenvalue weighted by atomic mass is 9.92. The zero-order chi connectivity index (χ0) is 7.19. The third-order valence-electron chi connectivity index (χ3n) is 3.18. The van der Waals surface area contributed by atoms with Gasteiger partial charge in [0.15, 0.2) is 0 Å². The molecule has 1 aliphatic carbocycles. The number of hydrogen-bond acceptors (Lipinski definition) is 2. The molecular formula is C8H16N2. The van der Waals surface area contributed by atoms with Crippen molar-refractivity contribution in [2.45, 2.75) is 31.8 Å². The molecule has 1 aliphatic heterocycles. The minimum absolute atomic E-state index is 0.362. The number of piperidine rings is 1. The van der Waals surface area contributed by atoms with Crippen molar-refractivity contribution in [3.63, 3.8) is 0 Å². The van der Waals surface area contributed by atoms with Gasteiger partial charge in [-0.05, 0) is 44.7 Å². The molecule has 2 fully saturated rings. The van der Waals surface area contributed by atoms with Crippen LogP contribution < -0.4 is 5.73 Å². The second kappa shape index (κ2) is 1.95. The molecule has 1 saturated carbocycles. The zero-order valence-electron chi connectivity index (χ0n) is 6.64. The topological polar surface area (TPSA) is 29.3 Å². The monoisotopic (exact) mass is 140 g/mol. The smallest absolute Gasteiger partial charge is 0.0627 e. The Hall–Kier alpha value is -0.0800. The average Bonchev–Trinajstić information content (AvgIpc) is 2.65. The van der Waals surface area contributed by atoms with Gasteiger partial charge in [-0.25, -0.2) is 0 Å². The minimum atomic E-state index is 0.362. The highest BCUT2D eigenvalue weighted by Gasteiger charge is 2.50. The van der Waals surface area contributed by atoms with E-state index in [1.807, 2.05) is 0 Å². The van der Waals surface area contributed by atoms with E-state index in [-0.39, 0.29) is 0 Å². The zero-order valence-corrected chi connectivity index (χ0v) is 6.64. The quantitative estimate of drug-likeness (QED) is 0.538. The molecule has 2 N–H and O–H groups in total. The molecule has 2 aliphatic rings. The van der Waals surface area contributed by atoms with E-state index in [0.29, 0.717) is 11.6 Å². The highest BCUT2D eigenvalue weighted by atomic mass is 15.2. The Bertz CT molecular complexity index is 140. The lowest BCUT2D eigenvalue weighted by Gasteiger charge is -2.36. The molecule has 0 amide bonds. The maximum absolute atomic E-state index is 6.04. The number of rotatable bonds is 0. The summed E-state index contributed by atoms with van der Waals surface area (Å²) >= 11 is 0. The van der Waals surface area contributed by atoms with Crippen LogP contribution in [-0.4, -0.2) is 24.7 Å². The minimum Gasteiger partial charge on any atom is -0.315 e. The summed E-state index contributed by atoms with van der Waals surface area (Å²) in [5.74, 6) is 0. The Balaban J connectivity index is 2.07. The van der Waals surface area contributed by atoms with Gasteiger partial charge in [-0.1, -0.05) is 0 Å². The van der Waals surface area contributed by atoms with E-state index in [1.165, 1.54) is 32.2 Å². The van der Waals surface area contributed by atoms with Crippen LogP contribution in [0.4, 0.5) is 0 Å². The summed E-state index contributed by atoms with van der Waals surface area (Å²) in [7, 11) is 2.14. The molecule has 10 heavy (non-hydrogen) atoms. The molecule has 1 spiro atoms. The van der Waals surface area contributed by atoms with Gasteiger partial charge < -0.3 is 5.73 Å². The van der Waals surface area contributed by atoms with E-state index in [0.717, 1.165) is 0 Å². The summed E-state index contributed by atoms with van der Waals surface area (Å²) in [5.41, 5.74) is 6.61. The van der Waals surface area contributed by atoms with Crippen molar-refractivity contribution in [2.75, 3.05) is 13.6 Å². The van der Waals surface area contributed by atoms with Gasteiger partial charge in [0.1, 0.15) is 0 Å². The summed E-state index contributed by atoms with van der Waals surface area (Å²) in [6.45, 7) is 1.20. The van der Waals surface area contributed by atoms with Gasteiger partial charge in [0, 0.05) is 0 Å². The first-order valence-corrected chi connectivity index (χ1v) is 4.20. The lowest BCUT2D eigenvalue weighted by molar-refractivity contribution is 0.109. The Morgan fingerprint density at radius 2 is 2.10 bits per heavy atom. The maximum Gasteiger partial charge on any atom is 0.0627 e. The normalized spacial score (nSPS) is 38.4. The predicted octanol–water partition coefficient (Wildman–Crippen LogP) is 0.777. The van der Waals surface area contributed by atoms with Crippen molar-refractivity contribution in [2.24, 2.45) is 11.1 Å². The molecule has 2 rings (SSSR count). The summed E-state index contributed by atoms with van der Waals surface area (Å²) < 4.78 is 0. The Morgan fingerprint density at radius 1 is 1.40 bits per heavy atom. The maximum atomic E-state index is 6.04. The van der Waals surface area contributed by atoms with Crippen molar-refractivity contribution >= 4 is 0 Å². The Labute approximate surface area is 62.4 Å². The molecule has 0 aromatic heterocycles. The van der Waals surface area contributed by atoms with Crippen molar-refractivity contribution in [3.8, 4) is 0 Å². The van der Waals surface area contributed by atoms with Gasteiger partial charge >= 0.3 is 0 Å². The third kappa shape index (κ3) is 0.789. The van der Waals surface area contributed by atoms with Gasteiger partial charge in [0.2, 0.25) is 0 Å². The fraction of sp³-hybridized carbons (Fsp3) is 1.00. The average molecular weight is 140 g/mol. The predicted molar refractivity (Wildman–Crippen MR) is 41.5 cm³/mol. The second-order valence-corrected chi connectivity index (χ2v) is 3.89. The molecule has 0 aromatic rings. The van der Waals surface area contributed by atoms with Gasteiger partial charge in [-0.2, -0.15) is 0 Å². The van der Waals surface area contributed by atoms with Crippen LogP contribution in [0.2, 0.25) is 0 Å². The number of nitrogens with two attached hydrogens (primary N) is 1. The molecule has 1 unspecified atom stereocenters. The first kappa shape index (κ1) is 6.62. The van der Waals surface area contributed by atoms with Gasteiger partial charge in [0.25, 0.3) is 0 Å². The molecule has 0 bridgehead atoms. The van der Waals surface area contributed by atoms with Crippen LogP contribution in [0.3, 0.4) is 0 Å². The first-order valence-electron chi connectivity index (χ1n) is 4.20. The van der Waals surface area contributed by atoms with Crippen LogP contribution >= 0.6 is 0 Å². The summed E-state index contributed by atoms with van der Waals surface area (Å²) in [5, 5.41) is 0. The molecular weight excluding hydrogens is 124 g/mol. The van der Waals surface area contributed by atoms with Crippen LogP contribution in [0.1, 0.15) is 25.7 Å². The molecule has 58 valence electrons. The fourth-order valence-corrected chi connectivity index (χ4v) is 2.14. The van der Waals surface area contributed by atoms with E-state index in [4.69, 9.17) is 5.73 Å². The van der Waals surface area contributed by atoms with Gasteiger partial charge in [0.05, 0.1) is 6.17 Å². The molecule has 1 saturated heterocycles. The highest BCUT2D eigenvalue weighted by Crippen LogP contribution is 2.54. The van der Waals surface area contributed by atoms with Crippen LogP contribution in [-0.2, 0) is 0 Å². The van der Waals surface area contributed by atoms with E-state index in [9.17, 15) is 0 Å². The molecule has 0 radical (unpaired) electrons. The van der Waals surface area contributed by atoms with E-state index in [1.54, 1.807) is 0 Å². The number of nitrogens with zero attached hydrogens (tertiary/aromatic N) is 1. The van der Waals surface area contributed by atoms with Crippen LogP contribution in [0, 0.1) is 5.41 Å². The van der Waals surface area contributed by atoms with Gasteiger partial charge in [-0.3, -0.25) is 4.90 Å². The third-order valence-corrected chi connectivity index (χ3v) is 3.18. The first-order chi connectivity index (χ1) is 4.75. The van der Waals surface area contributed by atoms with Gasteiger partial charge in [-0.15, -0.1) is 0 Å². The molecule has 2 nitrogen and oxygen atoms in total. The Kier molecular flexibility index (Phi) is 1.29. The van der Waals surface area contributed by atoms with E-state index >= 15 is 0 Å². The Morgan fingerprint density at radius 3 is 2.60 bits per heavy atom. The highest BCUT2D eigenvalue weighted by molar-refractivity contribution is 5.02. The summed E-state index contributed by atoms with van der Waals surface area (Å²) in [4.78, 5) is 2.30.